The zero-order chi connectivity index (χ0) is 25.9. The van der Waals surface area contributed by atoms with Crippen LogP contribution in [0, 0.1) is 23.2 Å². The fourth-order valence-corrected chi connectivity index (χ4v) is 6.36. The normalized spacial score (nSPS) is 30.5. The first-order chi connectivity index (χ1) is 16.0. The lowest BCUT2D eigenvalue weighted by Gasteiger charge is -2.23. The highest BCUT2D eigenvalue weighted by Gasteiger charge is 2.88. The molecule has 35 heavy (non-hydrogen) atoms. The number of nitrogens with zero attached hydrogens (tertiary/aromatic N) is 4. The molecule has 2 saturated carbocycles. The van der Waals surface area contributed by atoms with Crippen molar-refractivity contribution < 1.29 is 31.9 Å². The molecule has 1 aliphatic heterocycles. The summed E-state index contributed by atoms with van der Waals surface area (Å²) in [6.07, 6.45) is -8.30. The highest BCUT2D eigenvalue weighted by molar-refractivity contribution is 5.82. The number of likely N-dealkylation sites (tertiary alicyclic amines) is 1. The van der Waals surface area contributed by atoms with Crippen LogP contribution in [0.2, 0.25) is 0 Å². The number of halogens is 5. The van der Waals surface area contributed by atoms with Gasteiger partial charge in [-0.25, -0.2) is 18.6 Å². The minimum atomic E-state index is -5.11. The Morgan fingerprint density at radius 3 is 2.49 bits per heavy atom. The van der Waals surface area contributed by atoms with Gasteiger partial charge < -0.3 is 10.0 Å². The molecule has 2 aromatic rings. The van der Waals surface area contributed by atoms with Crippen molar-refractivity contribution in [2.24, 2.45) is 30.2 Å². The molecule has 5 unspecified atom stereocenters. The van der Waals surface area contributed by atoms with Crippen LogP contribution >= 0.6 is 0 Å². The average Bonchev–Trinajstić information content (AvgIpc) is 3.10. The minimum absolute atomic E-state index is 0.0314. The predicted octanol–water partition coefficient (Wildman–Crippen LogP) is 2.69. The molecule has 0 spiro atoms. The molecule has 3 heterocycles. The van der Waals surface area contributed by atoms with E-state index in [0.717, 1.165) is 4.90 Å². The summed E-state index contributed by atoms with van der Waals surface area (Å²) in [5.74, 6) is -6.92. The fraction of sp³-hybridized carbons (Fsp3) is 0.696. The SMILES string of the molecule is Cn1c(=O)n(CC(C)(C)C)c2ccc(C34CC5CN(C(=O)C(O)C(F)(F)F)CC5C3C4(F)F)nc21. The van der Waals surface area contributed by atoms with Gasteiger partial charge in [-0.1, -0.05) is 20.8 Å². The highest BCUT2D eigenvalue weighted by atomic mass is 19.4. The van der Waals surface area contributed by atoms with Gasteiger partial charge in [-0.2, -0.15) is 13.2 Å². The second kappa shape index (κ2) is 7.04. The Morgan fingerprint density at radius 1 is 1.23 bits per heavy atom. The molecular formula is C23H27F5N4O3. The molecule has 7 nitrogen and oxygen atoms in total. The Hall–Kier alpha value is -2.50. The van der Waals surface area contributed by atoms with Gasteiger partial charge in [0.25, 0.3) is 11.8 Å². The summed E-state index contributed by atoms with van der Waals surface area (Å²) in [6.45, 7) is 5.98. The molecule has 0 aromatic carbocycles. The number of rotatable bonds is 3. The molecule has 0 bridgehead atoms. The number of alkyl halides is 5. The quantitative estimate of drug-likeness (QED) is 0.655. The summed E-state index contributed by atoms with van der Waals surface area (Å²) in [7, 11) is 1.54. The van der Waals surface area contributed by atoms with Gasteiger partial charge in [-0.3, -0.25) is 13.9 Å². The van der Waals surface area contributed by atoms with E-state index in [1.54, 1.807) is 17.7 Å². The van der Waals surface area contributed by atoms with Crippen molar-refractivity contribution in [2.75, 3.05) is 13.1 Å². The van der Waals surface area contributed by atoms with Gasteiger partial charge in [0, 0.05) is 32.6 Å². The topological polar surface area (TPSA) is 80.4 Å². The fourth-order valence-electron chi connectivity index (χ4n) is 6.36. The second-order valence-electron chi connectivity index (χ2n) is 11.4. The number of amides is 1. The van der Waals surface area contributed by atoms with E-state index in [9.17, 15) is 27.9 Å². The van der Waals surface area contributed by atoms with Crippen LogP contribution < -0.4 is 5.69 Å². The first kappa shape index (κ1) is 24.2. The van der Waals surface area contributed by atoms with Gasteiger partial charge in [0.05, 0.1) is 16.6 Å². The monoisotopic (exact) mass is 502 g/mol. The molecule has 0 radical (unpaired) electrons. The van der Waals surface area contributed by atoms with Crippen molar-refractivity contribution in [3.05, 3.63) is 28.3 Å². The third kappa shape index (κ3) is 3.27. The maximum absolute atomic E-state index is 15.3. The van der Waals surface area contributed by atoms with Gasteiger partial charge in [-0.15, -0.1) is 0 Å². The van der Waals surface area contributed by atoms with E-state index in [-0.39, 0.29) is 36.3 Å². The molecule has 1 N–H and O–H groups in total. The number of aliphatic hydroxyl groups excluding tert-OH is 1. The van der Waals surface area contributed by atoms with Crippen LogP contribution in [0.4, 0.5) is 22.0 Å². The Morgan fingerprint density at radius 2 is 1.89 bits per heavy atom. The number of aryl methyl sites for hydroxylation is 1. The number of carbonyl (C=O) groups excluding carboxylic acids is 1. The minimum Gasteiger partial charge on any atom is -0.376 e. The molecule has 2 aromatic heterocycles. The molecule has 1 amide bonds. The molecular weight excluding hydrogens is 475 g/mol. The Bertz CT molecular complexity index is 1280. The lowest BCUT2D eigenvalue weighted by atomic mass is 9.91. The predicted molar refractivity (Wildman–Crippen MR) is 115 cm³/mol. The van der Waals surface area contributed by atoms with Gasteiger partial charge >= 0.3 is 11.9 Å². The number of imidazole rings is 1. The lowest BCUT2D eigenvalue weighted by molar-refractivity contribution is -0.210. The molecule has 5 rings (SSSR count). The highest BCUT2D eigenvalue weighted by Crippen LogP contribution is 2.78. The van der Waals surface area contributed by atoms with Gasteiger partial charge in [0.15, 0.2) is 5.65 Å². The first-order valence-corrected chi connectivity index (χ1v) is 11.5. The molecule has 192 valence electrons. The molecule has 2 aliphatic carbocycles. The number of carbonyl (C=O) groups is 1. The summed E-state index contributed by atoms with van der Waals surface area (Å²) in [5.41, 5.74) is -1.06. The number of hydrogen-bond acceptors (Lipinski definition) is 4. The van der Waals surface area contributed by atoms with Gasteiger partial charge in [-0.05, 0) is 35.8 Å². The van der Waals surface area contributed by atoms with E-state index in [0.29, 0.717) is 17.7 Å². The lowest BCUT2D eigenvalue weighted by Crippen LogP contribution is -2.46. The largest absolute Gasteiger partial charge is 0.423 e. The van der Waals surface area contributed by atoms with E-state index in [4.69, 9.17) is 0 Å². The van der Waals surface area contributed by atoms with E-state index in [2.05, 4.69) is 4.98 Å². The summed E-state index contributed by atoms with van der Waals surface area (Å²) < 4.78 is 71.7. The van der Waals surface area contributed by atoms with Crippen molar-refractivity contribution in [1.82, 2.24) is 19.0 Å². The third-order valence-electron chi connectivity index (χ3n) is 7.86. The van der Waals surface area contributed by atoms with E-state index < -0.39 is 47.3 Å². The van der Waals surface area contributed by atoms with E-state index in [1.807, 2.05) is 20.8 Å². The Kier molecular flexibility index (Phi) is 4.87. The summed E-state index contributed by atoms with van der Waals surface area (Å²) in [4.78, 5) is 30.3. The third-order valence-corrected chi connectivity index (χ3v) is 7.86. The molecule has 5 atom stereocenters. The molecule has 3 fully saturated rings. The summed E-state index contributed by atoms with van der Waals surface area (Å²) in [5, 5.41) is 9.30. The Balaban J connectivity index is 1.46. The smallest absolute Gasteiger partial charge is 0.376 e. The van der Waals surface area contributed by atoms with E-state index >= 15 is 8.78 Å². The zero-order valence-electron chi connectivity index (χ0n) is 19.7. The van der Waals surface area contributed by atoms with Crippen LogP contribution in [-0.2, 0) is 23.8 Å². The van der Waals surface area contributed by atoms with Crippen molar-refractivity contribution in [2.45, 2.75) is 57.4 Å². The van der Waals surface area contributed by atoms with Crippen LogP contribution in [0.3, 0.4) is 0 Å². The van der Waals surface area contributed by atoms with Crippen molar-refractivity contribution >= 4 is 17.1 Å². The van der Waals surface area contributed by atoms with E-state index in [1.165, 1.54) is 10.6 Å². The van der Waals surface area contributed by atoms with Crippen molar-refractivity contribution in [1.29, 1.82) is 0 Å². The zero-order valence-corrected chi connectivity index (χ0v) is 19.7. The van der Waals surface area contributed by atoms with Crippen LogP contribution in [0.5, 0.6) is 0 Å². The van der Waals surface area contributed by atoms with Crippen LogP contribution in [0.15, 0.2) is 16.9 Å². The van der Waals surface area contributed by atoms with Crippen LogP contribution in [-0.4, -0.2) is 61.3 Å². The molecule has 1 saturated heterocycles. The van der Waals surface area contributed by atoms with Gasteiger partial charge in [0.1, 0.15) is 0 Å². The van der Waals surface area contributed by atoms with Gasteiger partial charge in [0.2, 0.25) is 6.10 Å². The van der Waals surface area contributed by atoms with Crippen LogP contribution in [0.25, 0.3) is 11.2 Å². The first-order valence-electron chi connectivity index (χ1n) is 11.5. The van der Waals surface area contributed by atoms with Crippen molar-refractivity contribution in [3.8, 4) is 0 Å². The number of fused-ring (bicyclic) bond motifs is 4. The molecule has 12 heteroatoms. The number of hydrogen-bond donors (Lipinski definition) is 1. The number of aromatic nitrogens is 3. The number of aliphatic hydroxyl groups is 1. The van der Waals surface area contributed by atoms with Crippen LogP contribution in [0.1, 0.15) is 32.9 Å². The van der Waals surface area contributed by atoms with Crippen molar-refractivity contribution in [3.63, 3.8) is 0 Å². The summed E-state index contributed by atoms with van der Waals surface area (Å²) in [6, 6.07) is 3.15. The second-order valence-corrected chi connectivity index (χ2v) is 11.4. The Labute approximate surface area is 197 Å². The standard InChI is InChI=1S/C23H27F5N4O3/c1-20(2,3)10-32-13-5-6-14(29-17(13)30(4)19(32)35)21-7-11-8-31(18(34)16(33)23(26,27)28)9-12(11)15(21)22(21,24)25/h5-6,11-12,15-16,33H,7-10H2,1-4H3. The summed E-state index contributed by atoms with van der Waals surface area (Å²) >= 11 is 0. The maximum atomic E-state index is 15.3. The average molecular weight is 502 g/mol. The number of pyridine rings is 1. The maximum Gasteiger partial charge on any atom is 0.423 e. The molecule has 3 aliphatic rings.